The molecule has 3 heteroatoms. The number of nitrogens with one attached hydrogen (secondary N) is 1. The molecule has 106 valence electrons. The maximum atomic E-state index is 4.12. The molecule has 1 aromatic heterocycles. The van der Waals surface area contributed by atoms with Crippen molar-refractivity contribution in [1.29, 1.82) is 0 Å². The quantitative estimate of drug-likeness (QED) is 0.790. The summed E-state index contributed by atoms with van der Waals surface area (Å²) in [4.78, 5) is 4.12. The van der Waals surface area contributed by atoms with Crippen LogP contribution in [-0.2, 0) is 0 Å². The molecule has 0 aliphatic heterocycles. The maximum Gasteiger partial charge on any atom is 0.0550 e. The van der Waals surface area contributed by atoms with Crippen LogP contribution in [0.15, 0.2) is 24.5 Å². The molecule has 0 atom stereocenters. The molecule has 1 N–H and O–H groups in total. The average Bonchev–Trinajstić information content (AvgIpc) is 2.45. The van der Waals surface area contributed by atoms with Crippen molar-refractivity contribution in [2.24, 2.45) is 5.92 Å². The molecule has 0 saturated heterocycles. The van der Waals surface area contributed by atoms with Crippen LogP contribution >= 0.6 is 0 Å². The first-order valence-corrected chi connectivity index (χ1v) is 7.69. The molecule has 1 fully saturated rings. The molecule has 0 radical (unpaired) electrons. The van der Waals surface area contributed by atoms with E-state index in [-0.39, 0.29) is 0 Å². The molecule has 3 nitrogen and oxygen atoms in total. The number of aromatic nitrogens is 1. The van der Waals surface area contributed by atoms with Gasteiger partial charge >= 0.3 is 0 Å². The van der Waals surface area contributed by atoms with Crippen molar-refractivity contribution in [1.82, 2.24) is 10.4 Å². The minimum absolute atomic E-state index is 0.647. The Hall–Kier alpha value is -1.09. The van der Waals surface area contributed by atoms with Crippen LogP contribution in [0.25, 0.3) is 0 Å². The third kappa shape index (κ3) is 4.83. The van der Waals surface area contributed by atoms with Gasteiger partial charge in [0, 0.05) is 25.0 Å². The maximum absolute atomic E-state index is 4.12. The van der Waals surface area contributed by atoms with Crippen LogP contribution in [0.4, 0.5) is 5.69 Å². The fraction of sp³-hybridized carbons (Fsp3) is 0.688. The SMILES string of the molecule is CC(C)CCN(NC1CCCCC1)c1ccncc1. The molecule has 1 saturated carbocycles. The van der Waals surface area contributed by atoms with Gasteiger partial charge in [-0.2, -0.15) is 0 Å². The zero-order chi connectivity index (χ0) is 13.5. The Kier molecular flexibility index (Phi) is 5.64. The highest BCUT2D eigenvalue weighted by Gasteiger charge is 2.16. The first-order valence-electron chi connectivity index (χ1n) is 7.69. The van der Waals surface area contributed by atoms with Crippen LogP contribution in [0, 0.1) is 5.92 Å². The second-order valence-electron chi connectivity index (χ2n) is 6.00. The second-order valence-corrected chi connectivity index (χ2v) is 6.00. The zero-order valence-electron chi connectivity index (χ0n) is 12.3. The highest BCUT2D eigenvalue weighted by Crippen LogP contribution is 2.20. The van der Waals surface area contributed by atoms with E-state index in [2.05, 4.69) is 41.4 Å². The molecular weight excluding hydrogens is 234 g/mol. The van der Waals surface area contributed by atoms with Gasteiger partial charge in [0.2, 0.25) is 0 Å². The van der Waals surface area contributed by atoms with E-state index in [0.717, 1.165) is 12.5 Å². The lowest BCUT2D eigenvalue weighted by molar-refractivity contribution is 0.358. The lowest BCUT2D eigenvalue weighted by atomic mass is 9.96. The number of pyridine rings is 1. The van der Waals surface area contributed by atoms with Gasteiger partial charge in [0.25, 0.3) is 0 Å². The lowest BCUT2D eigenvalue weighted by Crippen LogP contribution is -2.46. The summed E-state index contributed by atoms with van der Waals surface area (Å²) in [5, 5.41) is 2.33. The number of nitrogens with zero attached hydrogens (tertiary/aromatic N) is 2. The highest BCUT2D eigenvalue weighted by atomic mass is 15.5. The summed E-state index contributed by atoms with van der Waals surface area (Å²) in [6.45, 7) is 5.63. The fourth-order valence-electron chi connectivity index (χ4n) is 2.63. The molecule has 1 aliphatic rings. The van der Waals surface area contributed by atoms with Gasteiger partial charge in [-0.05, 0) is 37.3 Å². The molecule has 1 aliphatic carbocycles. The molecule has 1 heterocycles. The Morgan fingerprint density at radius 1 is 1.21 bits per heavy atom. The van der Waals surface area contributed by atoms with E-state index in [9.17, 15) is 0 Å². The lowest BCUT2D eigenvalue weighted by Gasteiger charge is -2.33. The molecule has 0 spiro atoms. The summed E-state index contributed by atoms with van der Waals surface area (Å²) < 4.78 is 0. The van der Waals surface area contributed by atoms with Gasteiger partial charge in [0.15, 0.2) is 0 Å². The van der Waals surface area contributed by atoms with Gasteiger partial charge in [-0.15, -0.1) is 0 Å². The highest BCUT2D eigenvalue weighted by molar-refractivity contribution is 5.43. The van der Waals surface area contributed by atoms with Crippen LogP contribution < -0.4 is 10.4 Å². The summed E-state index contributed by atoms with van der Waals surface area (Å²) in [6.07, 6.45) is 11.7. The van der Waals surface area contributed by atoms with E-state index in [1.165, 1.54) is 44.2 Å². The van der Waals surface area contributed by atoms with Crippen molar-refractivity contribution in [3.63, 3.8) is 0 Å². The smallest absolute Gasteiger partial charge is 0.0550 e. The molecule has 1 aromatic rings. The number of hydrazine groups is 1. The molecule has 19 heavy (non-hydrogen) atoms. The van der Waals surface area contributed by atoms with E-state index >= 15 is 0 Å². The van der Waals surface area contributed by atoms with Gasteiger partial charge in [-0.3, -0.25) is 4.98 Å². The molecule has 0 amide bonds. The van der Waals surface area contributed by atoms with Gasteiger partial charge in [0.05, 0.1) is 5.69 Å². The molecule has 2 rings (SSSR count). The standard InChI is InChI=1S/C16H27N3/c1-14(2)10-13-19(16-8-11-17-12-9-16)18-15-6-4-3-5-7-15/h8-9,11-12,14-15,18H,3-7,10,13H2,1-2H3. The summed E-state index contributed by atoms with van der Waals surface area (Å²) >= 11 is 0. The normalized spacial score (nSPS) is 16.8. The van der Waals surface area contributed by atoms with E-state index < -0.39 is 0 Å². The van der Waals surface area contributed by atoms with E-state index in [4.69, 9.17) is 0 Å². The van der Waals surface area contributed by atoms with Gasteiger partial charge in [0.1, 0.15) is 0 Å². The van der Waals surface area contributed by atoms with E-state index in [0.29, 0.717) is 6.04 Å². The second kappa shape index (κ2) is 7.49. The first-order chi connectivity index (χ1) is 9.25. The van der Waals surface area contributed by atoms with Crippen LogP contribution in [0.2, 0.25) is 0 Å². The van der Waals surface area contributed by atoms with Crippen LogP contribution in [0.1, 0.15) is 52.4 Å². The summed E-state index contributed by atoms with van der Waals surface area (Å²) in [6, 6.07) is 4.83. The number of rotatable bonds is 6. The number of hydrogen-bond acceptors (Lipinski definition) is 3. The Morgan fingerprint density at radius 2 is 1.89 bits per heavy atom. The van der Waals surface area contributed by atoms with Crippen molar-refractivity contribution < 1.29 is 0 Å². The zero-order valence-corrected chi connectivity index (χ0v) is 12.3. The van der Waals surface area contributed by atoms with Gasteiger partial charge in [-0.1, -0.05) is 33.1 Å². The van der Waals surface area contributed by atoms with E-state index in [1.807, 2.05) is 12.4 Å². The Bertz CT molecular complexity index is 344. The molecule has 0 unspecified atom stereocenters. The van der Waals surface area contributed by atoms with Crippen molar-refractivity contribution in [2.75, 3.05) is 11.6 Å². The Labute approximate surface area is 117 Å². The fourth-order valence-corrected chi connectivity index (χ4v) is 2.63. The Balaban J connectivity index is 1.96. The predicted molar refractivity (Wildman–Crippen MR) is 81.0 cm³/mol. The monoisotopic (exact) mass is 261 g/mol. The van der Waals surface area contributed by atoms with Crippen molar-refractivity contribution in [3.8, 4) is 0 Å². The van der Waals surface area contributed by atoms with Gasteiger partial charge < -0.3 is 5.01 Å². The van der Waals surface area contributed by atoms with Crippen molar-refractivity contribution >= 4 is 5.69 Å². The van der Waals surface area contributed by atoms with E-state index in [1.54, 1.807) is 0 Å². The third-order valence-corrected chi connectivity index (χ3v) is 3.85. The summed E-state index contributed by atoms with van der Waals surface area (Å²) in [7, 11) is 0. The predicted octanol–water partition coefficient (Wildman–Crippen LogP) is 3.77. The van der Waals surface area contributed by atoms with Gasteiger partial charge in [-0.25, -0.2) is 5.43 Å². The van der Waals surface area contributed by atoms with Crippen molar-refractivity contribution in [3.05, 3.63) is 24.5 Å². The largest absolute Gasteiger partial charge is 0.308 e. The first kappa shape index (κ1) is 14.3. The van der Waals surface area contributed by atoms with Crippen LogP contribution in [-0.4, -0.2) is 17.6 Å². The van der Waals surface area contributed by atoms with Crippen molar-refractivity contribution in [2.45, 2.75) is 58.4 Å². The molecular formula is C16H27N3. The topological polar surface area (TPSA) is 28.2 Å². The van der Waals surface area contributed by atoms with Crippen LogP contribution in [0.5, 0.6) is 0 Å². The summed E-state index contributed by atoms with van der Waals surface area (Å²) in [5.74, 6) is 0.734. The minimum Gasteiger partial charge on any atom is -0.308 e. The number of anilines is 1. The Morgan fingerprint density at radius 3 is 2.53 bits per heavy atom. The number of hydrogen-bond donors (Lipinski definition) is 1. The van der Waals surface area contributed by atoms with Crippen LogP contribution in [0.3, 0.4) is 0 Å². The molecule has 0 aromatic carbocycles. The average molecular weight is 261 g/mol. The third-order valence-electron chi connectivity index (χ3n) is 3.85. The minimum atomic E-state index is 0.647. The molecule has 0 bridgehead atoms. The summed E-state index contributed by atoms with van der Waals surface area (Å²) in [5.41, 5.74) is 4.97.